The van der Waals surface area contributed by atoms with Crippen molar-refractivity contribution in [1.29, 1.82) is 0 Å². The van der Waals surface area contributed by atoms with Gasteiger partial charge in [-0.3, -0.25) is 38.4 Å². The molecule has 8 amide bonds. The molecule has 21 rings (SSSR count). The van der Waals surface area contributed by atoms with E-state index in [0.29, 0.717) is 88.8 Å². The number of hydrogen-bond acceptors (Lipinski definition) is 11. The molecule has 606 valence electrons. The van der Waals surface area contributed by atoms with Crippen molar-refractivity contribution < 1.29 is 38.4 Å². The first kappa shape index (κ1) is 77.6. The van der Waals surface area contributed by atoms with Crippen LogP contribution < -0.4 is 19.6 Å². The van der Waals surface area contributed by atoms with Gasteiger partial charge in [0.05, 0.1) is 22.7 Å². The molecule has 0 bridgehead atoms. The number of para-hydroxylation sites is 4. The molecule has 7 heterocycles. The Morgan fingerprint density at radius 1 is 0.179 bits per heavy atom. The van der Waals surface area contributed by atoms with E-state index in [4.69, 9.17) is 0 Å². The largest absolute Gasteiger partial charge is 0.268 e. The van der Waals surface area contributed by atoms with Crippen LogP contribution in [-0.4, -0.2) is 47.3 Å². The molecule has 0 fully saturated rings. The van der Waals surface area contributed by atoms with Gasteiger partial charge in [0.25, 0.3) is 47.3 Å². The lowest BCUT2D eigenvalue weighted by molar-refractivity contribution is 0.0877. The minimum Gasteiger partial charge on any atom is -0.268 e. The lowest BCUT2D eigenvalue weighted by Gasteiger charge is -2.34. The van der Waals surface area contributed by atoms with E-state index in [0.717, 1.165) is 150 Å². The minimum absolute atomic E-state index is 0.00866. The Morgan fingerprint density at radius 2 is 0.366 bits per heavy atom. The maximum Gasteiger partial charge on any atom is 0.266 e. The van der Waals surface area contributed by atoms with Gasteiger partial charge in [-0.05, 0) is 241 Å². The number of fused-ring (bicyclic) bond motifs is 4. The number of rotatable bonds is 16. The minimum atomic E-state index is -0.416. The van der Waals surface area contributed by atoms with Crippen LogP contribution in [0.5, 0.6) is 0 Å². The zero-order valence-electron chi connectivity index (χ0n) is 71.4. The number of imide groups is 4. The number of amides is 8. The highest BCUT2D eigenvalue weighted by atomic mass is 32.1. The fourth-order valence-electron chi connectivity index (χ4n) is 20.8. The van der Waals surface area contributed by atoms with Crippen molar-refractivity contribution >= 4 is 190 Å². The fraction of sp³-hybridized carbons (Fsp3) is 0.222. The van der Waals surface area contributed by atoms with Gasteiger partial charge in [-0.1, -0.05) is 220 Å². The average Bonchev–Trinajstić information content (AvgIpc) is 1.23. The van der Waals surface area contributed by atoms with Gasteiger partial charge in [-0.2, -0.15) is 0 Å². The molecule has 0 radical (unpaired) electrons. The van der Waals surface area contributed by atoms with Crippen LogP contribution in [0.25, 0.3) is 127 Å². The summed E-state index contributed by atoms with van der Waals surface area (Å²) < 4.78 is 0. The molecule has 17 aromatic rings. The Kier molecular flexibility index (Phi) is 17.6. The van der Waals surface area contributed by atoms with Crippen molar-refractivity contribution in [1.82, 2.24) is 0 Å². The number of anilines is 4. The van der Waals surface area contributed by atoms with E-state index in [1.807, 2.05) is 158 Å². The smallest absolute Gasteiger partial charge is 0.266 e. The maximum atomic E-state index is 16.2. The molecule has 0 aliphatic carbocycles. The predicted octanol–water partition coefficient (Wildman–Crippen LogP) is 28.8. The summed E-state index contributed by atoms with van der Waals surface area (Å²) in [5, 5.41) is 11.6. The van der Waals surface area contributed by atoms with E-state index in [1.165, 1.54) is 19.6 Å². The highest BCUT2D eigenvalue weighted by molar-refractivity contribution is 7.28. The summed E-state index contributed by atoms with van der Waals surface area (Å²) in [6, 6.07) is 64.0. The number of hydrogen-bond donors (Lipinski definition) is 0. The Morgan fingerprint density at radius 3 is 0.593 bits per heavy atom. The van der Waals surface area contributed by atoms with Crippen LogP contribution in [-0.2, 0) is 0 Å². The first-order valence-electron chi connectivity index (χ1n) is 42.9. The second-order valence-corrected chi connectivity index (χ2v) is 39.6. The van der Waals surface area contributed by atoms with Gasteiger partial charge in [-0.25, -0.2) is 19.6 Å². The third-order valence-corrected chi connectivity index (χ3v) is 30.3. The second-order valence-electron chi connectivity index (χ2n) is 36.3. The van der Waals surface area contributed by atoms with Crippen molar-refractivity contribution in [2.75, 3.05) is 19.6 Å². The van der Waals surface area contributed by atoms with E-state index in [1.54, 1.807) is 34.0 Å². The van der Waals surface area contributed by atoms with Crippen LogP contribution in [0.3, 0.4) is 0 Å². The normalized spacial score (nSPS) is 14.5. The molecule has 14 aromatic carbocycles. The van der Waals surface area contributed by atoms with Crippen molar-refractivity contribution in [2.45, 2.75) is 158 Å². The monoisotopic (exact) mass is 1660 g/mol. The highest BCUT2D eigenvalue weighted by Gasteiger charge is 2.46. The zero-order valence-corrected chi connectivity index (χ0v) is 73.8. The Balaban J connectivity index is 0.735. The SMILES string of the molecule is CC(C)c1cccc(C(C)C)c1N1C(=O)c2ccc3c4ccc5c6c(cc(-c7ccc(-c8ccc(-c9ccc(-c%10cc%11c%12c(ccc%13c%14ccc%15c%16c(ccc(c%10c%12%13)c%16%14)C(=O)N(c%10c(C(C)C)cccc%10C(C)C)C%15=O)C(=O)N(c%10c(C(C)C)cccc%10C(C)C)C%11=O)s9)s8)s7)c(c7ccc(c2c37)C1=O)c64)C(=O)N(c1c(C(C)C)cccc1C(C)C)C5=O. The van der Waals surface area contributed by atoms with Crippen LogP contribution in [0.1, 0.15) is 285 Å². The van der Waals surface area contributed by atoms with Gasteiger partial charge < -0.3 is 0 Å². The number of carbonyl (C=O) groups is 8. The van der Waals surface area contributed by atoms with Crippen molar-refractivity contribution in [2.24, 2.45) is 0 Å². The fourth-order valence-corrected chi connectivity index (χ4v) is 24.1. The quantitative estimate of drug-likeness (QED) is 0.0527. The van der Waals surface area contributed by atoms with Crippen LogP contribution in [0.4, 0.5) is 22.7 Å². The molecular weight excluding hydrogens is 1580 g/mol. The number of benzene rings is 14. The summed E-state index contributed by atoms with van der Waals surface area (Å²) in [6.45, 7) is 33.4. The topological polar surface area (TPSA) is 150 Å². The second kappa shape index (κ2) is 27.9. The van der Waals surface area contributed by atoms with E-state index in [2.05, 4.69) is 147 Å². The first-order chi connectivity index (χ1) is 59.1. The van der Waals surface area contributed by atoms with Crippen LogP contribution >= 0.6 is 34.0 Å². The van der Waals surface area contributed by atoms with Gasteiger partial charge >= 0.3 is 0 Å². The van der Waals surface area contributed by atoms with E-state index < -0.39 is 47.3 Å². The third kappa shape index (κ3) is 10.9. The molecule has 3 aromatic heterocycles. The van der Waals surface area contributed by atoms with E-state index in [-0.39, 0.29) is 47.3 Å². The summed E-state index contributed by atoms with van der Waals surface area (Å²) in [7, 11) is 0. The number of carbonyl (C=O) groups excluding carboxylic acids is 8. The van der Waals surface area contributed by atoms with Crippen LogP contribution in [0.2, 0.25) is 0 Å². The Bertz CT molecular complexity index is 7090. The predicted molar refractivity (Wildman–Crippen MR) is 507 cm³/mol. The third-order valence-electron chi connectivity index (χ3n) is 26.6. The summed E-state index contributed by atoms with van der Waals surface area (Å²) in [4.78, 5) is 138. The lowest BCUT2D eigenvalue weighted by atomic mass is 9.80. The van der Waals surface area contributed by atoms with Crippen molar-refractivity contribution in [3.05, 3.63) is 283 Å². The molecule has 4 aliphatic heterocycles. The molecule has 0 spiro atoms. The molecule has 123 heavy (non-hydrogen) atoms. The number of thiophene rings is 3. The average molecular weight is 1670 g/mol. The molecule has 4 aliphatic rings. The van der Waals surface area contributed by atoms with Gasteiger partial charge in [-0.15, -0.1) is 34.0 Å². The highest BCUT2D eigenvalue weighted by Crippen LogP contribution is 2.57. The summed E-state index contributed by atoms with van der Waals surface area (Å²) >= 11 is 4.85. The van der Waals surface area contributed by atoms with Crippen LogP contribution in [0, 0.1) is 0 Å². The first-order valence-corrected chi connectivity index (χ1v) is 45.4. The number of nitrogens with zero attached hydrogens (tertiary/aromatic N) is 4. The van der Waals surface area contributed by atoms with Crippen molar-refractivity contribution in [3.63, 3.8) is 0 Å². The molecule has 0 N–H and O–H groups in total. The van der Waals surface area contributed by atoms with Gasteiger partial charge in [0.2, 0.25) is 0 Å². The van der Waals surface area contributed by atoms with E-state index >= 15 is 38.4 Å². The van der Waals surface area contributed by atoms with Crippen molar-refractivity contribution in [3.8, 4) is 40.4 Å². The molecule has 0 saturated heterocycles. The molecule has 0 unspecified atom stereocenters. The maximum absolute atomic E-state index is 16.2. The Hall–Kier alpha value is -12.7. The summed E-state index contributed by atoms with van der Waals surface area (Å²) in [5.41, 5.74) is 14.5. The van der Waals surface area contributed by atoms with E-state index in [9.17, 15) is 0 Å². The molecular formula is C108H88N4O8S3. The van der Waals surface area contributed by atoms with Crippen LogP contribution in [0.15, 0.2) is 194 Å². The van der Waals surface area contributed by atoms with Gasteiger partial charge in [0.15, 0.2) is 0 Å². The van der Waals surface area contributed by atoms with Gasteiger partial charge in [0.1, 0.15) is 0 Å². The summed E-state index contributed by atoms with van der Waals surface area (Å²) in [6.07, 6.45) is 0. The Labute approximate surface area is 724 Å². The molecule has 0 atom stereocenters. The standard InChI is InChI=1S/C108H88N4O8S3/c1-49(2)57-21-17-22-58(50(3)4)97(57)109-101(113)71-35-29-65-67-31-37-75-93-79(107(119)111(105(75)117)99-61(53(9)10)25-19-26-62(99)54(11)12)47-77(89(95(67)93)69-33-39-73(103(109)115)91(71)87(65)69)81-41-43-83(121-81)85-45-46-86(123-85)84-44-42-82(122-84)78-48-80-94-76(106(118)112(108(80)120)100-63(55(13)14)27-20-28-64(100)56(15)16)38-32-68-66-30-36-72-92-74(40-34-70(88(66)92)90(78)96(68)94)104(116)110(102(72)114)98-59(51(5)6)23-18-24-60(98)52(7)8/h17-56H,1-16H3. The molecule has 12 nitrogen and oxygen atoms in total. The summed E-state index contributed by atoms with van der Waals surface area (Å²) in [5.74, 6) is -3.28. The lowest BCUT2D eigenvalue weighted by Crippen LogP contribution is -2.42. The van der Waals surface area contributed by atoms with Gasteiger partial charge in [0, 0.05) is 106 Å². The zero-order chi connectivity index (χ0) is 85.7. The molecule has 0 saturated carbocycles. The molecule has 15 heteroatoms.